The quantitative estimate of drug-likeness (QED) is 0.777. The van der Waals surface area contributed by atoms with Crippen molar-refractivity contribution in [2.75, 3.05) is 18.5 Å². The lowest BCUT2D eigenvalue weighted by atomic mass is 10.1. The van der Waals surface area contributed by atoms with Crippen LogP contribution in [0.3, 0.4) is 0 Å². The van der Waals surface area contributed by atoms with E-state index in [1.807, 2.05) is 30.3 Å². The molecule has 3 heterocycles. The Morgan fingerprint density at radius 3 is 2.77 bits per heavy atom. The smallest absolute Gasteiger partial charge is 0.267 e. The van der Waals surface area contributed by atoms with Crippen LogP contribution in [0.2, 0.25) is 0 Å². The Balaban J connectivity index is 1.43. The topological polar surface area (TPSA) is 81.9 Å². The van der Waals surface area contributed by atoms with E-state index in [0.717, 1.165) is 29.6 Å². The summed E-state index contributed by atoms with van der Waals surface area (Å²) in [5.74, 6) is 1.18. The predicted molar refractivity (Wildman–Crippen MR) is 97.3 cm³/mol. The molecule has 1 aliphatic carbocycles. The van der Waals surface area contributed by atoms with Crippen molar-refractivity contribution >= 4 is 16.9 Å². The minimum absolute atomic E-state index is 0.0786. The summed E-state index contributed by atoms with van der Waals surface area (Å²) in [6, 6.07) is 11.0. The van der Waals surface area contributed by atoms with Gasteiger partial charge in [0.25, 0.3) is 5.56 Å². The fraction of sp³-hybridized carbons (Fsp3) is 0.368. The number of nitrogens with zero attached hydrogens (tertiary/aromatic N) is 4. The zero-order valence-corrected chi connectivity index (χ0v) is 14.2. The lowest BCUT2D eigenvalue weighted by molar-refractivity contribution is 0.182. The van der Waals surface area contributed by atoms with Crippen LogP contribution >= 0.6 is 0 Å². The van der Waals surface area contributed by atoms with E-state index in [1.165, 1.54) is 0 Å². The third-order valence-electron chi connectivity index (χ3n) is 4.99. The molecule has 26 heavy (non-hydrogen) atoms. The van der Waals surface area contributed by atoms with Crippen LogP contribution in [0.15, 0.2) is 47.4 Å². The van der Waals surface area contributed by atoms with Crippen molar-refractivity contribution in [3.8, 4) is 0 Å². The van der Waals surface area contributed by atoms with Gasteiger partial charge in [0.15, 0.2) is 0 Å². The number of rotatable bonds is 4. The van der Waals surface area contributed by atoms with Gasteiger partial charge < -0.3 is 10.1 Å². The van der Waals surface area contributed by atoms with E-state index >= 15 is 0 Å². The molecule has 7 nitrogen and oxygen atoms in total. The molecule has 2 unspecified atom stereocenters. The second-order valence-electron chi connectivity index (χ2n) is 6.91. The molecule has 132 valence electrons. The van der Waals surface area contributed by atoms with Crippen molar-refractivity contribution in [1.82, 2.24) is 19.7 Å². The van der Waals surface area contributed by atoms with Crippen LogP contribution in [0.5, 0.6) is 0 Å². The van der Waals surface area contributed by atoms with Crippen molar-refractivity contribution in [2.45, 2.75) is 30.8 Å². The van der Waals surface area contributed by atoms with Crippen molar-refractivity contribution < 1.29 is 4.74 Å². The number of hydrogen-bond donors (Lipinski definition) is 1. The first-order valence-corrected chi connectivity index (χ1v) is 8.94. The summed E-state index contributed by atoms with van der Waals surface area (Å²) in [4.78, 5) is 21.4. The molecule has 1 saturated heterocycles. The molecule has 0 spiro atoms. The first-order valence-electron chi connectivity index (χ1n) is 8.94. The molecular formula is C19H19N5O2. The van der Waals surface area contributed by atoms with Crippen molar-refractivity contribution in [3.05, 3.63) is 58.6 Å². The van der Waals surface area contributed by atoms with E-state index in [-0.39, 0.29) is 17.6 Å². The maximum atomic E-state index is 12.4. The highest BCUT2D eigenvalue weighted by atomic mass is 16.5. The van der Waals surface area contributed by atoms with Gasteiger partial charge >= 0.3 is 0 Å². The molecule has 5 rings (SSSR count). The van der Waals surface area contributed by atoms with Crippen LogP contribution in [0.1, 0.15) is 30.5 Å². The normalized spacial score (nSPS) is 22.6. The average molecular weight is 349 g/mol. The van der Waals surface area contributed by atoms with E-state index < -0.39 is 0 Å². The first-order chi connectivity index (χ1) is 12.8. The van der Waals surface area contributed by atoms with Gasteiger partial charge in [-0.05, 0) is 31.0 Å². The maximum absolute atomic E-state index is 12.4. The van der Waals surface area contributed by atoms with E-state index in [4.69, 9.17) is 4.74 Å². The highest BCUT2D eigenvalue weighted by molar-refractivity contribution is 5.75. The summed E-state index contributed by atoms with van der Waals surface area (Å²) in [6.45, 7) is 0.959. The van der Waals surface area contributed by atoms with Gasteiger partial charge in [-0.2, -0.15) is 5.10 Å². The van der Waals surface area contributed by atoms with Gasteiger partial charge in [-0.1, -0.05) is 12.1 Å². The monoisotopic (exact) mass is 349 g/mol. The van der Waals surface area contributed by atoms with Gasteiger partial charge in [-0.25, -0.2) is 9.67 Å². The Kier molecular flexibility index (Phi) is 3.67. The predicted octanol–water partition coefficient (Wildman–Crippen LogP) is 2.12. The maximum Gasteiger partial charge on any atom is 0.267 e. The SMILES string of the molecule is O=c1ccc(C2CC2)nn1C1COCC1Nc1cnc2ccccc2n1. The number of benzene rings is 1. The Morgan fingerprint density at radius 2 is 1.92 bits per heavy atom. The average Bonchev–Trinajstić information content (AvgIpc) is 3.42. The standard InChI is InChI=1S/C19H19N5O2/c25-19-8-7-13(12-5-6-12)23-24(19)17-11-26-10-16(17)22-18-9-20-14-3-1-2-4-15(14)21-18/h1-4,7-9,12,16-17H,5-6,10-11H2,(H,21,22). The number of nitrogens with one attached hydrogen (secondary N) is 1. The van der Waals surface area contributed by atoms with Crippen LogP contribution < -0.4 is 10.9 Å². The first kappa shape index (κ1) is 15.5. The van der Waals surface area contributed by atoms with Gasteiger partial charge in [-0.3, -0.25) is 9.78 Å². The summed E-state index contributed by atoms with van der Waals surface area (Å²) >= 11 is 0. The molecule has 7 heteroatoms. The molecule has 2 aliphatic rings. The Morgan fingerprint density at radius 1 is 1.08 bits per heavy atom. The van der Waals surface area contributed by atoms with Gasteiger partial charge in [0, 0.05) is 12.0 Å². The number of fused-ring (bicyclic) bond motifs is 1. The third kappa shape index (κ3) is 2.84. The molecular weight excluding hydrogens is 330 g/mol. The minimum atomic E-state index is -0.158. The molecule has 3 aromatic rings. The number of ether oxygens (including phenoxy) is 1. The molecule has 0 radical (unpaired) electrons. The number of aromatic nitrogens is 4. The summed E-state index contributed by atoms with van der Waals surface area (Å²) in [5, 5.41) is 7.98. The second-order valence-corrected chi connectivity index (χ2v) is 6.91. The second kappa shape index (κ2) is 6.17. The Bertz CT molecular complexity index is 1010. The van der Waals surface area contributed by atoms with E-state index in [9.17, 15) is 4.79 Å². The molecule has 0 amide bonds. The van der Waals surface area contributed by atoms with E-state index in [1.54, 1.807) is 16.9 Å². The summed E-state index contributed by atoms with van der Waals surface area (Å²) < 4.78 is 7.22. The fourth-order valence-electron chi connectivity index (χ4n) is 3.41. The van der Waals surface area contributed by atoms with Crippen molar-refractivity contribution in [2.24, 2.45) is 0 Å². The van der Waals surface area contributed by atoms with Gasteiger partial charge in [0.2, 0.25) is 0 Å². The highest BCUT2D eigenvalue weighted by Crippen LogP contribution is 2.38. The lowest BCUT2D eigenvalue weighted by Gasteiger charge is -2.21. The van der Waals surface area contributed by atoms with Crippen LogP contribution in [0.4, 0.5) is 5.82 Å². The zero-order chi connectivity index (χ0) is 17.5. The number of para-hydroxylation sites is 2. The molecule has 1 saturated carbocycles. The number of anilines is 1. The summed E-state index contributed by atoms with van der Waals surface area (Å²) in [6.07, 6.45) is 4.02. The van der Waals surface area contributed by atoms with Crippen molar-refractivity contribution in [1.29, 1.82) is 0 Å². The van der Waals surface area contributed by atoms with E-state index in [2.05, 4.69) is 20.4 Å². The molecule has 2 fully saturated rings. The zero-order valence-electron chi connectivity index (χ0n) is 14.2. The molecule has 1 aliphatic heterocycles. The van der Waals surface area contributed by atoms with Gasteiger partial charge in [-0.15, -0.1) is 0 Å². The third-order valence-corrected chi connectivity index (χ3v) is 4.99. The van der Waals surface area contributed by atoms with E-state index in [0.29, 0.717) is 24.9 Å². The number of hydrogen-bond acceptors (Lipinski definition) is 6. The van der Waals surface area contributed by atoms with Gasteiger partial charge in [0.1, 0.15) is 11.9 Å². The summed E-state index contributed by atoms with van der Waals surface area (Å²) in [7, 11) is 0. The molecule has 1 N–H and O–H groups in total. The van der Waals surface area contributed by atoms with Crippen LogP contribution in [0, 0.1) is 0 Å². The largest absolute Gasteiger partial charge is 0.377 e. The molecule has 2 aromatic heterocycles. The van der Waals surface area contributed by atoms with Crippen molar-refractivity contribution in [3.63, 3.8) is 0 Å². The van der Waals surface area contributed by atoms with Gasteiger partial charge in [0.05, 0.1) is 42.2 Å². The fourth-order valence-corrected chi connectivity index (χ4v) is 3.41. The molecule has 2 atom stereocenters. The van der Waals surface area contributed by atoms with Crippen LogP contribution in [-0.4, -0.2) is 39.0 Å². The minimum Gasteiger partial charge on any atom is -0.377 e. The van der Waals surface area contributed by atoms with Crippen LogP contribution in [0.25, 0.3) is 11.0 Å². The lowest BCUT2D eigenvalue weighted by Crippen LogP contribution is -2.37. The Labute approximate surface area is 150 Å². The molecule has 1 aromatic carbocycles. The summed E-state index contributed by atoms with van der Waals surface area (Å²) in [5.41, 5.74) is 2.59. The highest BCUT2D eigenvalue weighted by Gasteiger charge is 2.33. The Hall–Kier alpha value is -2.80. The molecule has 0 bridgehead atoms. The van der Waals surface area contributed by atoms with Crippen LogP contribution in [-0.2, 0) is 4.74 Å².